The lowest BCUT2D eigenvalue weighted by Gasteiger charge is -2.09. The van der Waals surface area contributed by atoms with Gasteiger partial charge in [-0.2, -0.15) is 0 Å². The predicted molar refractivity (Wildman–Crippen MR) is 55.7 cm³/mol. The highest BCUT2D eigenvalue weighted by molar-refractivity contribution is 5.10. The van der Waals surface area contributed by atoms with E-state index in [-0.39, 0.29) is 0 Å². The minimum absolute atomic E-state index is 0.734. The molecule has 3 nitrogen and oxygen atoms in total. The molecular formula is C10H19N3. The van der Waals surface area contributed by atoms with Gasteiger partial charge in [-0.25, -0.2) is 0 Å². The Bertz CT molecular complexity index is 240. The molecule has 13 heavy (non-hydrogen) atoms. The Morgan fingerprint density at radius 2 is 2.23 bits per heavy atom. The van der Waals surface area contributed by atoms with E-state index in [0.29, 0.717) is 0 Å². The van der Waals surface area contributed by atoms with Crippen LogP contribution in [0.5, 0.6) is 0 Å². The highest BCUT2D eigenvalue weighted by Crippen LogP contribution is 2.01. The van der Waals surface area contributed by atoms with E-state index in [1.807, 2.05) is 0 Å². The van der Waals surface area contributed by atoms with Gasteiger partial charge in [-0.1, -0.05) is 0 Å². The van der Waals surface area contributed by atoms with Crippen molar-refractivity contribution < 1.29 is 0 Å². The van der Waals surface area contributed by atoms with Gasteiger partial charge >= 0.3 is 0 Å². The summed E-state index contributed by atoms with van der Waals surface area (Å²) in [6, 6.07) is 2.14. The molecule has 1 aromatic heterocycles. The topological polar surface area (TPSA) is 34.2 Å². The second kappa shape index (κ2) is 5.04. The van der Waals surface area contributed by atoms with Crippen molar-refractivity contribution in [1.29, 1.82) is 0 Å². The van der Waals surface area contributed by atoms with Gasteiger partial charge in [0.15, 0.2) is 0 Å². The van der Waals surface area contributed by atoms with Gasteiger partial charge in [-0.05, 0) is 38.7 Å². The van der Waals surface area contributed by atoms with E-state index in [1.54, 1.807) is 0 Å². The Kier molecular flexibility index (Phi) is 3.99. The van der Waals surface area contributed by atoms with Gasteiger partial charge < -0.3 is 15.2 Å². The minimum Gasteiger partial charge on any atom is -0.353 e. The first kappa shape index (κ1) is 10.3. The summed E-state index contributed by atoms with van der Waals surface area (Å²) in [6.45, 7) is 2.87. The largest absolute Gasteiger partial charge is 0.353 e. The number of aromatic nitrogens is 1. The first-order valence-electron chi connectivity index (χ1n) is 4.72. The van der Waals surface area contributed by atoms with Gasteiger partial charge in [-0.3, -0.25) is 0 Å². The lowest BCUT2D eigenvalue weighted by Crippen LogP contribution is -2.17. The number of rotatable bonds is 5. The lowest BCUT2D eigenvalue weighted by atomic mass is 10.2. The van der Waals surface area contributed by atoms with Crippen LogP contribution in [0.4, 0.5) is 0 Å². The number of nitrogens with zero attached hydrogens (tertiary/aromatic N) is 2. The lowest BCUT2D eigenvalue weighted by molar-refractivity contribution is 0.384. The summed E-state index contributed by atoms with van der Waals surface area (Å²) in [5.74, 6) is 0. The normalized spacial score (nSPS) is 11.1. The molecule has 0 radical (unpaired) electrons. The molecule has 0 saturated carbocycles. The third-order valence-electron chi connectivity index (χ3n) is 2.05. The van der Waals surface area contributed by atoms with Crippen molar-refractivity contribution in [3.05, 3.63) is 24.0 Å². The molecule has 1 heterocycles. The van der Waals surface area contributed by atoms with Crippen molar-refractivity contribution in [2.24, 2.45) is 5.73 Å². The average Bonchev–Trinajstić information content (AvgIpc) is 2.50. The quantitative estimate of drug-likeness (QED) is 0.720. The van der Waals surface area contributed by atoms with Crippen LogP contribution in [-0.2, 0) is 13.0 Å². The van der Waals surface area contributed by atoms with E-state index in [9.17, 15) is 0 Å². The molecule has 0 saturated heterocycles. The summed E-state index contributed by atoms with van der Waals surface area (Å²) in [5.41, 5.74) is 6.81. The van der Waals surface area contributed by atoms with E-state index in [0.717, 1.165) is 26.1 Å². The van der Waals surface area contributed by atoms with Gasteiger partial charge in [0.1, 0.15) is 0 Å². The van der Waals surface area contributed by atoms with Crippen molar-refractivity contribution in [1.82, 2.24) is 9.47 Å². The molecule has 0 aliphatic carbocycles. The molecule has 3 heteroatoms. The molecule has 0 aliphatic heterocycles. The monoisotopic (exact) mass is 181 g/mol. The fraction of sp³-hybridized carbons (Fsp3) is 0.600. The van der Waals surface area contributed by atoms with Crippen molar-refractivity contribution >= 4 is 0 Å². The molecule has 1 aromatic rings. The number of hydrogen-bond acceptors (Lipinski definition) is 2. The average molecular weight is 181 g/mol. The molecule has 0 aromatic carbocycles. The molecule has 74 valence electrons. The van der Waals surface area contributed by atoms with E-state index < -0.39 is 0 Å². The zero-order valence-corrected chi connectivity index (χ0v) is 8.53. The van der Waals surface area contributed by atoms with Gasteiger partial charge in [0.2, 0.25) is 0 Å². The minimum atomic E-state index is 0.734. The Hall–Kier alpha value is -0.800. The van der Waals surface area contributed by atoms with Crippen LogP contribution < -0.4 is 5.73 Å². The molecule has 0 aliphatic rings. The van der Waals surface area contributed by atoms with Crippen LogP contribution in [0.15, 0.2) is 18.5 Å². The maximum atomic E-state index is 5.47. The van der Waals surface area contributed by atoms with E-state index in [4.69, 9.17) is 5.73 Å². The highest BCUT2D eigenvalue weighted by Gasteiger charge is 1.96. The fourth-order valence-electron chi connectivity index (χ4n) is 1.26. The molecule has 0 unspecified atom stereocenters. The zero-order valence-electron chi connectivity index (χ0n) is 8.53. The molecule has 0 bridgehead atoms. The van der Waals surface area contributed by atoms with Crippen molar-refractivity contribution in [3.8, 4) is 0 Å². The smallest absolute Gasteiger partial charge is 0.0347 e. The highest BCUT2D eigenvalue weighted by atomic mass is 15.1. The maximum Gasteiger partial charge on any atom is 0.0347 e. The molecule has 2 N–H and O–H groups in total. The molecule has 0 amide bonds. The zero-order chi connectivity index (χ0) is 9.68. The van der Waals surface area contributed by atoms with E-state index in [1.165, 1.54) is 5.56 Å². The Labute approximate surface area is 80.1 Å². The SMILES string of the molecule is CN(C)CCn1ccc(CCN)c1. The predicted octanol–water partition coefficient (Wildman–Crippen LogP) is 0.551. The molecule has 0 spiro atoms. The van der Waals surface area contributed by atoms with Crippen LogP contribution in [0, 0.1) is 0 Å². The van der Waals surface area contributed by atoms with Gasteiger partial charge in [0.05, 0.1) is 0 Å². The van der Waals surface area contributed by atoms with Crippen LogP contribution >= 0.6 is 0 Å². The molecular weight excluding hydrogens is 162 g/mol. The summed E-state index contributed by atoms with van der Waals surface area (Å²) >= 11 is 0. The standard InChI is InChI=1S/C10H19N3/c1-12(2)7-8-13-6-4-10(9-13)3-5-11/h4,6,9H,3,5,7-8,11H2,1-2H3. The molecule has 0 atom stereocenters. The fourth-order valence-corrected chi connectivity index (χ4v) is 1.26. The summed E-state index contributed by atoms with van der Waals surface area (Å²) < 4.78 is 2.21. The van der Waals surface area contributed by atoms with Crippen molar-refractivity contribution in [2.75, 3.05) is 27.2 Å². The van der Waals surface area contributed by atoms with Gasteiger partial charge in [0, 0.05) is 25.5 Å². The van der Waals surface area contributed by atoms with Crippen LogP contribution in [-0.4, -0.2) is 36.7 Å². The Balaban J connectivity index is 2.39. The summed E-state index contributed by atoms with van der Waals surface area (Å²) in [7, 11) is 4.18. The van der Waals surface area contributed by atoms with Gasteiger partial charge in [0.25, 0.3) is 0 Å². The second-order valence-electron chi connectivity index (χ2n) is 3.60. The first-order valence-corrected chi connectivity index (χ1v) is 4.72. The number of likely N-dealkylation sites (N-methyl/N-ethyl adjacent to an activating group) is 1. The number of nitrogens with two attached hydrogens (primary N) is 1. The third kappa shape index (κ3) is 3.61. The van der Waals surface area contributed by atoms with E-state index in [2.05, 4.69) is 42.0 Å². The molecule has 1 rings (SSSR count). The van der Waals surface area contributed by atoms with Crippen LogP contribution in [0.1, 0.15) is 5.56 Å². The second-order valence-corrected chi connectivity index (χ2v) is 3.60. The van der Waals surface area contributed by atoms with E-state index >= 15 is 0 Å². The van der Waals surface area contributed by atoms with Crippen LogP contribution in [0.2, 0.25) is 0 Å². The Morgan fingerprint density at radius 3 is 2.85 bits per heavy atom. The third-order valence-corrected chi connectivity index (χ3v) is 2.05. The summed E-state index contributed by atoms with van der Waals surface area (Å²) in [6.07, 6.45) is 5.28. The summed E-state index contributed by atoms with van der Waals surface area (Å²) in [5, 5.41) is 0. The Morgan fingerprint density at radius 1 is 1.46 bits per heavy atom. The van der Waals surface area contributed by atoms with Crippen molar-refractivity contribution in [2.45, 2.75) is 13.0 Å². The van der Waals surface area contributed by atoms with Crippen molar-refractivity contribution in [3.63, 3.8) is 0 Å². The molecule has 0 fully saturated rings. The number of hydrogen-bond donors (Lipinski definition) is 1. The van der Waals surface area contributed by atoms with Crippen LogP contribution in [0.3, 0.4) is 0 Å². The van der Waals surface area contributed by atoms with Gasteiger partial charge in [-0.15, -0.1) is 0 Å². The summed E-state index contributed by atoms with van der Waals surface area (Å²) in [4.78, 5) is 2.18. The maximum absolute atomic E-state index is 5.47. The van der Waals surface area contributed by atoms with Crippen LogP contribution in [0.25, 0.3) is 0 Å². The first-order chi connectivity index (χ1) is 6.22.